The number of alkyl halides is 1. The summed E-state index contributed by atoms with van der Waals surface area (Å²) in [7, 11) is -1.00. The summed E-state index contributed by atoms with van der Waals surface area (Å²) in [6.07, 6.45) is 16.0. The van der Waals surface area contributed by atoms with Gasteiger partial charge >= 0.3 is 17.8 Å². The summed E-state index contributed by atoms with van der Waals surface area (Å²) < 4.78 is 18.0. The van der Waals surface area contributed by atoms with Crippen molar-refractivity contribution in [3.05, 3.63) is 98.8 Å². The predicted octanol–water partition coefficient (Wildman–Crippen LogP) is 9.42. The number of piperidine rings is 2. The summed E-state index contributed by atoms with van der Waals surface area (Å²) in [5.74, 6) is -1.43. The number of hydrogen-bond donors (Lipinski definition) is 5. The summed E-state index contributed by atoms with van der Waals surface area (Å²) >= 11 is 3.63. The van der Waals surface area contributed by atoms with Gasteiger partial charge in [-0.25, -0.2) is 24.7 Å². The maximum Gasteiger partial charge on any atom is 0.372 e. The van der Waals surface area contributed by atoms with E-state index >= 15 is 0 Å². The summed E-state index contributed by atoms with van der Waals surface area (Å²) in [6, 6.07) is 17.1. The third-order valence-corrected chi connectivity index (χ3v) is 17.2. The van der Waals surface area contributed by atoms with Crippen LogP contribution >= 0.6 is 22.7 Å². The molecule has 0 bridgehead atoms. The summed E-state index contributed by atoms with van der Waals surface area (Å²) in [5.41, 5.74) is 18.8. The zero-order valence-corrected chi connectivity index (χ0v) is 46.8. The van der Waals surface area contributed by atoms with Gasteiger partial charge in [0.15, 0.2) is 0 Å². The number of benzene rings is 2. The molecule has 4 aliphatic rings. The Balaban J connectivity index is 0.000000182. The molecule has 0 spiro atoms. The first-order valence-electron chi connectivity index (χ1n) is 28.0. The van der Waals surface area contributed by atoms with Crippen molar-refractivity contribution in [3.8, 4) is 0 Å². The topological polar surface area (TPSA) is 226 Å². The minimum atomic E-state index is -1.43. The van der Waals surface area contributed by atoms with Gasteiger partial charge in [0, 0.05) is 51.1 Å². The van der Waals surface area contributed by atoms with Gasteiger partial charge in [0.05, 0.1) is 56.9 Å². The number of aromatic nitrogens is 4. The van der Waals surface area contributed by atoms with Crippen LogP contribution in [0, 0.1) is 11.8 Å². The SMILES string of the molecule is CCc1cc(CC(=O)C(=O)O)cnc1N.CCc1cc(NC(=O)C(=O)N2C[C@@H](C)CC[C@@H]2c2ccc3sc(CCN4CCCC4)nc3c2)cnc1N.C[C@H]1CC[C@H](c2ccc3sc(CCN4CCCC4)nc3c2)NC1.[2H]CF. The van der Waals surface area contributed by atoms with Crippen LogP contribution in [-0.2, 0) is 51.3 Å². The normalized spacial score (nSPS) is 19.8. The van der Waals surface area contributed by atoms with E-state index in [2.05, 4.69) is 80.6 Å². The van der Waals surface area contributed by atoms with E-state index in [1.807, 2.05) is 25.2 Å². The molecule has 4 aromatic heterocycles. The molecule has 19 heteroatoms. The van der Waals surface area contributed by atoms with Crippen molar-refractivity contribution in [1.82, 2.24) is 40.0 Å². The highest BCUT2D eigenvalue weighted by Crippen LogP contribution is 2.36. The number of carboxylic acids is 1. The summed E-state index contributed by atoms with van der Waals surface area (Å²) in [4.78, 5) is 72.3. The van der Waals surface area contributed by atoms with Crippen molar-refractivity contribution in [2.75, 3.05) is 76.3 Å². The number of ketones is 1. The van der Waals surface area contributed by atoms with Crippen molar-refractivity contribution in [2.45, 2.75) is 123 Å². The highest BCUT2D eigenvalue weighted by molar-refractivity contribution is 7.18. The summed E-state index contributed by atoms with van der Waals surface area (Å²) in [6.45, 7) is 17.2. The van der Waals surface area contributed by atoms with Crippen LogP contribution in [0.5, 0.6) is 0 Å². The maximum atomic E-state index is 13.4. The summed E-state index contributed by atoms with van der Waals surface area (Å²) in [5, 5.41) is 17.3. The number of nitrogens with one attached hydrogen (secondary N) is 2. The average Bonchev–Trinajstić information content (AvgIpc) is 4.32. The van der Waals surface area contributed by atoms with Gasteiger partial charge in [0.1, 0.15) is 11.6 Å². The molecule has 2 aromatic carbocycles. The van der Waals surface area contributed by atoms with Gasteiger partial charge in [0.25, 0.3) is 0 Å². The quantitative estimate of drug-likeness (QED) is 0.0641. The number of aliphatic carboxylic acids is 1. The number of nitrogens with zero attached hydrogens (tertiary/aromatic N) is 7. The standard InChI is InChI=1S/C28H36N6O2S.C19H27N3S.C10H12N2O3.CH3F/c1-3-19-14-21(16-30-26(19)29)31-27(35)28(36)34-17-18(2)6-8-23(34)20-7-9-24-22(15-20)32-25(37-24)10-13-33-11-4-5-12-33;1-14-4-6-16(20-13-14)15-5-7-18-17(12-15)21-19(23-18)8-11-22-9-2-3-10-22;1-2-7-3-6(5-12-9(7)11)4-8(13)10(14)15;1-2/h7,9,14-16,18,23H,3-6,8,10-13,17H2,1-2H3,(H2,29,30)(H,31,35);5,7,12,14,16,20H,2-4,6,8-11,13H2,1H3;3,5H,2,4H2,1H3,(H2,11,12)(H,14,15);1H3/t18-,23+;14-,16+;;/m00../s1/i;;;1D. The average molecular weight is 1090 g/mol. The van der Waals surface area contributed by atoms with E-state index < -0.39 is 30.7 Å². The zero-order valence-electron chi connectivity index (χ0n) is 46.2. The molecule has 2 amide bonds. The van der Waals surface area contributed by atoms with Gasteiger partial charge in [-0.1, -0.05) is 45.9 Å². The van der Waals surface area contributed by atoms with Gasteiger partial charge in [-0.15, -0.1) is 22.7 Å². The molecule has 6 aromatic rings. The van der Waals surface area contributed by atoms with Gasteiger partial charge in [-0.3, -0.25) is 18.8 Å². The van der Waals surface area contributed by atoms with E-state index in [0.717, 1.165) is 71.9 Å². The van der Waals surface area contributed by atoms with Crippen LogP contribution in [0.3, 0.4) is 0 Å². The van der Waals surface area contributed by atoms with Crippen LogP contribution in [0.25, 0.3) is 20.4 Å². The molecule has 4 aliphatic heterocycles. The lowest BCUT2D eigenvalue weighted by Crippen LogP contribution is -2.46. The van der Waals surface area contributed by atoms with Crippen LogP contribution in [0.1, 0.15) is 130 Å². The number of aryl methyl sites for hydroxylation is 2. The second-order valence-electron chi connectivity index (χ2n) is 20.8. The van der Waals surface area contributed by atoms with E-state index in [9.17, 15) is 23.6 Å². The number of carbonyl (C=O) groups is 4. The fourth-order valence-electron chi connectivity index (χ4n) is 10.5. The van der Waals surface area contributed by atoms with Crippen molar-refractivity contribution >= 4 is 84.0 Å². The van der Waals surface area contributed by atoms with E-state index in [4.69, 9.17) is 27.9 Å². The Morgan fingerprint density at radius 3 is 1.87 bits per heavy atom. The molecule has 10 rings (SSSR count). The third kappa shape index (κ3) is 16.3. The Morgan fingerprint density at radius 2 is 1.31 bits per heavy atom. The highest BCUT2D eigenvalue weighted by atomic mass is 32.1. The molecular formula is C58H78FN11O5S2. The highest BCUT2D eigenvalue weighted by Gasteiger charge is 2.35. The van der Waals surface area contributed by atoms with Crippen molar-refractivity contribution in [1.29, 1.82) is 0 Å². The van der Waals surface area contributed by atoms with Gasteiger partial charge in [-0.05, 0) is 167 Å². The van der Waals surface area contributed by atoms with E-state index in [1.165, 1.54) is 109 Å². The second kappa shape index (κ2) is 28.6. The molecule has 16 nitrogen and oxygen atoms in total. The second-order valence-corrected chi connectivity index (χ2v) is 23.0. The molecule has 4 saturated heterocycles. The Morgan fingerprint density at radius 1 is 0.766 bits per heavy atom. The Kier molecular flexibility index (Phi) is 21.2. The largest absolute Gasteiger partial charge is 0.475 e. The Bertz CT molecular complexity index is 2960. The van der Waals surface area contributed by atoms with Gasteiger partial charge in [0.2, 0.25) is 5.78 Å². The number of anilines is 3. The first-order valence-corrected chi connectivity index (χ1v) is 29.0. The molecule has 0 aliphatic carbocycles. The number of rotatable bonds is 14. The van der Waals surface area contributed by atoms with Crippen LogP contribution < -0.4 is 22.1 Å². The van der Waals surface area contributed by atoms with Gasteiger partial charge in [-0.2, -0.15) is 0 Å². The Labute approximate surface area is 462 Å². The van der Waals surface area contributed by atoms with Crippen molar-refractivity contribution in [2.24, 2.45) is 11.8 Å². The minimum Gasteiger partial charge on any atom is -0.475 e. The molecule has 8 heterocycles. The molecule has 0 unspecified atom stereocenters. The molecular weight excluding hydrogens is 1010 g/mol. The molecule has 414 valence electrons. The number of nitrogen functional groups attached to an aromatic ring is 2. The number of amides is 2. The number of Topliss-reactive ketones (excluding diaryl/α,β-unsaturated/α-hetero) is 1. The third-order valence-electron chi connectivity index (χ3n) is 15.0. The molecule has 0 radical (unpaired) electrons. The first-order chi connectivity index (χ1) is 37.6. The van der Waals surface area contributed by atoms with Crippen LogP contribution in [0.15, 0.2) is 60.9 Å². The number of fused-ring (bicyclic) bond motifs is 2. The van der Waals surface area contributed by atoms with Crippen LogP contribution in [0.4, 0.5) is 21.7 Å². The smallest absolute Gasteiger partial charge is 0.372 e. The zero-order chi connectivity index (χ0) is 55.7. The lowest BCUT2D eigenvalue weighted by Gasteiger charge is -2.38. The first kappa shape index (κ1) is 57.2. The fourth-order valence-corrected chi connectivity index (χ4v) is 12.4. The maximum absolute atomic E-state index is 13.4. The number of pyridine rings is 2. The molecule has 7 N–H and O–H groups in total. The van der Waals surface area contributed by atoms with E-state index in [-0.39, 0.29) is 12.5 Å². The number of likely N-dealkylation sites (tertiary alicyclic amines) is 3. The van der Waals surface area contributed by atoms with Crippen LogP contribution in [0.2, 0.25) is 0 Å². The number of hydrogen-bond acceptors (Lipinski definition) is 15. The fraction of sp³-hybridized carbons (Fsp3) is 0.517. The number of halogens is 1. The lowest BCUT2D eigenvalue weighted by molar-refractivity contribution is -0.148. The molecule has 4 fully saturated rings. The van der Waals surface area contributed by atoms with Crippen molar-refractivity contribution < 1.29 is 30.0 Å². The molecule has 77 heavy (non-hydrogen) atoms. The van der Waals surface area contributed by atoms with Crippen LogP contribution in [-0.4, -0.2) is 123 Å². The number of thiazole rings is 2. The van der Waals surface area contributed by atoms with E-state index in [0.29, 0.717) is 54.2 Å². The Hall–Kier alpha value is -5.99. The number of carboxylic acid groups (broad SMARTS) is 1. The number of nitrogens with two attached hydrogens (primary N) is 2. The number of carbonyl (C=O) groups excluding carboxylic acids is 3. The minimum absolute atomic E-state index is 0.143. The van der Waals surface area contributed by atoms with E-state index in [1.54, 1.807) is 28.4 Å². The monoisotopic (exact) mass is 1090 g/mol. The molecule has 0 saturated carbocycles. The predicted molar refractivity (Wildman–Crippen MR) is 308 cm³/mol. The lowest BCUT2D eigenvalue weighted by atomic mass is 9.89. The van der Waals surface area contributed by atoms with Crippen molar-refractivity contribution in [3.63, 3.8) is 0 Å². The van der Waals surface area contributed by atoms with Gasteiger partial charge < -0.3 is 41.9 Å². The molecule has 4 atom stereocenters.